The number of ether oxygens (including phenoxy) is 2. The Morgan fingerprint density at radius 2 is 1.84 bits per heavy atom. The minimum absolute atomic E-state index is 0.0505. The standard InChI is InChI=1S/C21H23NO3/c1-21(2,3)25-20(23)22-16(14-8-5-4-6-9-14)12-15-10-7-11-18-19(15)17(22)13-24-18/h4-11,16-17H,12-13H2,1-3H3/t16-,17-/m0/s1. The van der Waals surface area contributed by atoms with Crippen molar-refractivity contribution in [1.82, 2.24) is 4.90 Å². The first-order chi connectivity index (χ1) is 11.9. The Labute approximate surface area is 148 Å². The minimum Gasteiger partial charge on any atom is -0.491 e. The Morgan fingerprint density at radius 3 is 2.56 bits per heavy atom. The van der Waals surface area contributed by atoms with Crippen LogP contribution in [-0.4, -0.2) is 23.2 Å². The molecule has 2 aromatic rings. The summed E-state index contributed by atoms with van der Waals surface area (Å²) in [6.45, 7) is 6.18. The van der Waals surface area contributed by atoms with Gasteiger partial charge in [0.1, 0.15) is 18.0 Å². The van der Waals surface area contributed by atoms with Crippen molar-refractivity contribution in [2.24, 2.45) is 0 Å². The van der Waals surface area contributed by atoms with Gasteiger partial charge in [-0.1, -0.05) is 42.5 Å². The van der Waals surface area contributed by atoms with Crippen LogP contribution in [0.1, 0.15) is 49.5 Å². The Balaban J connectivity index is 1.79. The lowest BCUT2D eigenvalue weighted by atomic mass is 9.86. The van der Waals surface area contributed by atoms with E-state index in [4.69, 9.17) is 9.47 Å². The molecule has 25 heavy (non-hydrogen) atoms. The van der Waals surface area contributed by atoms with Crippen molar-refractivity contribution in [3.8, 4) is 5.75 Å². The quantitative estimate of drug-likeness (QED) is 0.760. The van der Waals surface area contributed by atoms with Crippen LogP contribution in [0.15, 0.2) is 48.5 Å². The molecule has 0 bridgehead atoms. The van der Waals surface area contributed by atoms with Crippen LogP contribution in [0.4, 0.5) is 4.79 Å². The molecule has 2 heterocycles. The second-order valence-corrected chi connectivity index (χ2v) is 7.67. The van der Waals surface area contributed by atoms with E-state index in [0.29, 0.717) is 6.61 Å². The lowest BCUT2D eigenvalue weighted by molar-refractivity contribution is -0.00121. The molecule has 4 nitrogen and oxygen atoms in total. The Morgan fingerprint density at radius 1 is 1.08 bits per heavy atom. The van der Waals surface area contributed by atoms with Crippen molar-refractivity contribution >= 4 is 6.09 Å². The second kappa shape index (κ2) is 5.80. The maximum atomic E-state index is 13.0. The lowest BCUT2D eigenvalue weighted by Crippen LogP contribution is -2.45. The first-order valence-corrected chi connectivity index (χ1v) is 8.75. The summed E-state index contributed by atoms with van der Waals surface area (Å²) >= 11 is 0. The van der Waals surface area contributed by atoms with Crippen molar-refractivity contribution in [3.63, 3.8) is 0 Å². The van der Waals surface area contributed by atoms with E-state index < -0.39 is 5.60 Å². The van der Waals surface area contributed by atoms with Crippen LogP contribution < -0.4 is 4.74 Å². The largest absolute Gasteiger partial charge is 0.491 e. The molecule has 130 valence electrons. The molecule has 2 aromatic carbocycles. The smallest absolute Gasteiger partial charge is 0.411 e. The molecule has 4 rings (SSSR count). The van der Waals surface area contributed by atoms with Crippen LogP contribution in [0.25, 0.3) is 0 Å². The van der Waals surface area contributed by atoms with Gasteiger partial charge in [0.05, 0.1) is 12.1 Å². The van der Waals surface area contributed by atoms with Crippen LogP contribution >= 0.6 is 0 Å². The molecule has 0 saturated carbocycles. The fourth-order valence-corrected chi connectivity index (χ4v) is 3.79. The average Bonchev–Trinajstić information content (AvgIpc) is 2.99. The number of hydrogen-bond acceptors (Lipinski definition) is 3. The summed E-state index contributed by atoms with van der Waals surface area (Å²) in [5.41, 5.74) is 2.99. The van der Waals surface area contributed by atoms with Crippen molar-refractivity contribution in [3.05, 3.63) is 65.2 Å². The highest BCUT2D eigenvalue weighted by Gasteiger charge is 2.44. The van der Waals surface area contributed by atoms with Crippen molar-refractivity contribution in [2.75, 3.05) is 6.61 Å². The minimum atomic E-state index is -0.530. The Hall–Kier alpha value is -2.49. The first-order valence-electron chi connectivity index (χ1n) is 8.75. The van der Waals surface area contributed by atoms with Gasteiger partial charge in [0.25, 0.3) is 0 Å². The summed E-state index contributed by atoms with van der Waals surface area (Å²) in [6, 6.07) is 16.2. The summed E-state index contributed by atoms with van der Waals surface area (Å²) in [6.07, 6.45) is 0.490. The van der Waals surface area contributed by atoms with Crippen LogP contribution in [-0.2, 0) is 11.2 Å². The van der Waals surface area contributed by atoms with Gasteiger partial charge >= 0.3 is 6.09 Å². The molecule has 0 fully saturated rings. The highest BCUT2D eigenvalue weighted by Crippen LogP contribution is 2.48. The fourth-order valence-electron chi connectivity index (χ4n) is 3.79. The topological polar surface area (TPSA) is 38.8 Å². The zero-order chi connectivity index (χ0) is 17.6. The van der Waals surface area contributed by atoms with Gasteiger partial charge in [0.2, 0.25) is 0 Å². The van der Waals surface area contributed by atoms with Gasteiger partial charge < -0.3 is 9.47 Å². The summed E-state index contributed by atoms with van der Waals surface area (Å²) < 4.78 is 11.6. The first kappa shape index (κ1) is 16.0. The van der Waals surface area contributed by atoms with E-state index in [1.807, 2.05) is 56.0 Å². The summed E-state index contributed by atoms with van der Waals surface area (Å²) in [4.78, 5) is 14.9. The predicted molar refractivity (Wildman–Crippen MR) is 95.6 cm³/mol. The number of nitrogens with zero attached hydrogens (tertiary/aromatic N) is 1. The number of carbonyl (C=O) groups is 1. The SMILES string of the molecule is CC(C)(C)OC(=O)N1[C@H](c2ccccc2)Cc2cccc3c2[C@@H]1CO3. The number of carbonyl (C=O) groups excluding carboxylic acids is 1. The van der Waals surface area contributed by atoms with Gasteiger partial charge in [-0.05, 0) is 44.4 Å². The van der Waals surface area contributed by atoms with E-state index >= 15 is 0 Å². The third-order valence-electron chi connectivity index (χ3n) is 4.76. The van der Waals surface area contributed by atoms with E-state index in [1.165, 1.54) is 5.56 Å². The Bertz CT molecular complexity index is 795. The third-order valence-corrected chi connectivity index (χ3v) is 4.76. The highest BCUT2D eigenvalue weighted by atomic mass is 16.6. The molecule has 0 N–H and O–H groups in total. The summed E-state index contributed by atoms with van der Waals surface area (Å²) in [7, 11) is 0. The van der Waals surface area contributed by atoms with Gasteiger partial charge in [-0.25, -0.2) is 4.79 Å². The van der Waals surface area contributed by atoms with E-state index in [2.05, 4.69) is 18.2 Å². The zero-order valence-corrected chi connectivity index (χ0v) is 14.9. The van der Waals surface area contributed by atoms with Crippen LogP contribution in [0.5, 0.6) is 5.75 Å². The summed E-state index contributed by atoms with van der Waals surface area (Å²) in [5, 5.41) is 0. The number of hydrogen-bond donors (Lipinski definition) is 0. The van der Waals surface area contributed by atoms with Crippen LogP contribution in [0, 0.1) is 0 Å². The molecular weight excluding hydrogens is 314 g/mol. The average molecular weight is 337 g/mol. The lowest BCUT2D eigenvalue weighted by Gasteiger charge is -2.41. The van der Waals surface area contributed by atoms with Crippen molar-refractivity contribution in [1.29, 1.82) is 0 Å². The van der Waals surface area contributed by atoms with Gasteiger partial charge in [0, 0.05) is 5.56 Å². The van der Waals surface area contributed by atoms with Gasteiger partial charge in [-0.2, -0.15) is 0 Å². The molecular formula is C21H23NO3. The molecule has 0 spiro atoms. The molecule has 0 unspecified atom stereocenters. The van der Waals surface area contributed by atoms with E-state index in [1.54, 1.807) is 0 Å². The zero-order valence-electron chi connectivity index (χ0n) is 14.9. The molecule has 2 atom stereocenters. The van der Waals surface area contributed by atoms with Gasteiger partial charge in [-0.15, -0.1) is 0 Å². The molecule has 0 aliphatic carbocycles. The maximum absolute atomic E-state index is 13.0. The van der Waals surface area contributed by atoms with Gasteiger partial charge in [0.15, 0.2) is 0 Å². The molecule has 1 amide bonds. The highest BCUT2D eigenvalue weighted by molar-refractivity contribution is 5.71. The monoisotopic (exact) mass is 337 g/mol. The fraction of sp³-hybridized carbons (Fsp3) is 0.381. The normalized spacial score (nSPS) is 21.5. The number of rotatable bonds is 1. The van der Waals surface area contributed by atoms with Crippen LogP contribution in [0.3, 0.4) is 0 Å². The number of amides is 1. The molecule has 2 aliphatic heterocycles. The Kier molecular flexibility index (Phi) is 3.71. The predicted octanol–water partition coefficient (Wildman–Crippen LogP) is 4.65. The molecule has 0 saturated heterocycles. The second-order valence-electron chi connectivity index (χ2n) is 7.67. The van der Waals surface area contributed by atoms with E-state index in [-0.39, 0.29) is 18.2 Å². The van der Waals surface area contributed by atoms with Crippen LogP contribution in [0.2, 0.25) is 0 Å². The van der Waals surface area contributed by atoms with Crippen molar-refractivity contribution < 1.29 is 14.3 Å². The van der Waals surface area contributed by atoms with Crippen molar-refractivity contribution in [2.45, 2.75) is 44.9 Å². The molecule has 0 aromatic heterocycles. The summed E-state index contributed by atoms with van der Waals surface area (Å²) in [5.74, 6) is 0.891. The molecule has 4 heteroatoms. The third kappa shape index (κ3) is 2.86. The maximum Gasteiger partial charge on any atom is 0.411 e. The molecule has 2 aliphatic rings. The van der Waals surface area contributed by atoms with E-state index in [9.17, 15) is 4.79 Å². The van der Waals surface area contributed by atoms with E-state index in [0.717, 1.165) is 23.3 Å². The molecule has 0 radical (unpaired) electrons. The number of benzene rings is 2. The van der Waals surface area contributed by atoms with Gasteiger partial charge in [-0.3, -0.25) is 4.90 Å².